The van der Waals surface area contributed by atoms with E-state index in [0.29, 0.717) is 0 Å². The quantitative estimate of drug-likeness (QED) is 0.738. The van der Waals surface area contributed by atoms with Crippen molar-refractivity contribution in [1.29, 1.82) is 0 Å². The number of thioether (sulfide) groups is 1. The molecule has 0 saturated carbocycles. The van der Waals surface area contributed by atoms with Gasteiger partial charge in [0.2, 0.25) is 0 Å². The van der Waals surface area contributed by atoms with Gasteiger partial charge in [-0.3, -0.25) is 5.32 Å². The Morgan fingerprint density at radius 1 is 1.12 bits per heavy atom. The van der Waals surface area contributed by atoms with Gasteiger partial charge in [0.25, 0.3) is 0 Å². The van der Waals surface area contributed by atoms with Crippen LogP contribution in [0.25, 0.3) is 0 Å². The molecule has 16 heavy (non-hydrogen) atoms. The van der Waals surface area contributed by atoms with Crippen molar-refractivity contribution in [1.82, 2.24) is 5.32 Å². The first-order chi connectivity index (χ1) is 7.91. The van der Waals surface area contributed by atoms with Crippen LogP contribution in [0.15, 0.2) is 24.3 Å². The van der Waals surface area contributed by atoms with Gasteiger partial charge in [0, 0.05) is 0 Å². The van der Waals surface area contributed by atoms with Gasteiger partial charge in [-0.25, -0.2) is 0 Å². The van der Waals surface area contributed by atoms with Gasteiger partial charge in [-0.05, 0) is 49.1 Å². The third kappa shape index (κ3) is 1.78. The fourth-order valence-electron chi connectivity index (χ4n) is 2.95. The smallest absolute Gasteiger partial charge is 0.0904 e. The Morgan fingerprint density at radius 2 is 2.06 bits per heavy atom. The summed E-state index contributed by atoms with van der Waals surface area (Å²) in [6.07, 6.45) is 6.58. The summed E-state index contributed by atoms with van der Waals surface area (Å²) in [6, 6.07) is 9.04. The summed E-state index contributed by atoms with van der Waals surface area (Å²) in [6.45, 7) is 1.18. The maximum atomic E-state index is 3.79. The summed E-state index contributed by atoms with van der Waals surface area (Å²) in [7, 11) is 0. The molecule has 1 fully saturated rings. The molecular weight excluding hydrogens is 214 g/mol. The number of benzene rings is 1. The third-order valence-electron chi connectivity index (χ3n) is 3.76. The number of fused-ring (bicyclic) bond motifs is 2. The molecule has 1 spiro atoms. The van der Waals surface area contributed by atoms with E-state index in [9.17, 15) is 0 Å². The molecule has 0 bridgehead atoms. The lowest BCUT2D eigenvalue weighted by molar-refractivity contribution is 0.431. The second kappa shape index (κ2) is 4.42. The topological polar surface area (TPSA) is 12.0 Å². The number of rotatable bonds is 0. The maximum Gasteiger partial charge on any atom is 0.0904 e. The number of hydrogen-bond acceptors (Lipinski definition) is 2. The normalized spacial score (nSPS) is 29.8. The number of hydrogen-bond donors (Lipinski definition) is 1. The molecule has 0 amide bonds. The van der Waals surface area contributed by atoms with Crippen LogP contribution in [-0.2, 0) is 11.3 Å². The zero-order valence-electron chi connectivity index (χ0n) is 9.67. The predicted molar refractivity (Wildman–Crippen MR) is 70.8 cm³/mol. The molecule has 3 rings (SSSR count). The van der Waals surface area contributed by atoms with Crippen molar-refractivity contribution < 1.29 is 0 Å². The molecule has 1 aromatic rings. The van der Waals surface area contributed by atoms with Crippen LogP contribution in [0, 0.1) is 0 Å². The van der Waals surface area contributed by atoms with Gasteiger partial charge in [-0.2, -0.15) is 0 Å². The molecule has 0 aromatic heterocycles. The Labute approximate surface area is 102 Å². The van der Waals surface area contributed by atoms with Crippen molar-refractivity contribution in [3.8, 4) is 0 Å². The van der Waals surface area contributed by atoms with Crippen LogP contribution >= 0.6 is 11.8 Å². The van der Waals surface area contributed by atoms with Crippen molar-refractivity contribution in [2.45, 2.75) is 37.0 Å². The molecule has 1 saturated heterocycles. The summed E-state index contributed by atoms with van der Waals surface area (Å²) >= 11 is 2.13. The summed E-state index contributed by atoms with van der Waals surface area (Å²) in [5.41, 5.74) is 3.14. The highest BCUT2D eigenvalue weighted by Crippen LogP contribution is 2.44. The van der Waals surface area contributed by atoms with Crippen LogP contribution in [0.5, 0.6) is 0 Å². The van der Waals surface area contributed by atoms with E-state index in [1.54, 1.807) is 11.1 Å². The molecule has 86 valence electrons. The van der Waals surface area contributed by atoms with Crippen molar-refractivity contribution in [3.63, 3.8) is 0 Å². The van der Waals surface area contributed by atoms with Gasteiger partial charge in [0.15, 0.2) is 0 Å². The molecule has 1 unspecified atom stereocenters. The SMILES string of the molecule is c1ccc2c(c1)CCCCC21NCCCS1. The van der Waals surface area contributed by atoms with E-state index in [4.69, 9.17) is 0 Å². The molecule has 1 aliphatic carbocycles. The second-order valence-electron chi connectivity index (χ2n) is 4.82. The summed E-state index contributed by atoms with van der Waals surface area (Å²) in [5, 5.41) is 3.79. The van der Waals surface area contributed by atoms with Crippen LogP contribution in [0.3, 0.4) is 0 Å². The minimum Gasteiger partial charge on any atom is -0.299 e. The highest BCUT2D eigenvalue weighted by atomic mass is 32.2. The molecule has 2 aliphatic rings. The van der Waals surface area contributed by atoms with Gasteiger partial charge in [0.1, 0.15) is 0 Å². The van der Waals surface area contributed by atoms with Gasteiger partial charge in [-0.1, -0.05) is 30.7 Å². The molecule has 1 aromatic carbocycles. The highest BCUT2D eigenvalue weighted by molar-refractivity contribution is 8.00. The minimum atomic E-state index is 0.241. The first-order valence-corrected chi connectivity index (χ1v) is 7.37. The molecule has 2 heteroatoms. The Hall–Kier alpha value is -0.470. The predicted octanol–water partition coefficient (Wildman–Crippen LogP) is 3.29. The number of nitrogens with one attached hydrogen (secondary N) is 1. The Morgan fingerprint density at radius 3 is 2.94 bits per heavy atom. The molecular formula is C14H19NS. The second-order valence-corrected chi connectivity index (χ2v) is 6.21. The lowest BCUT2D eigenvalue weighted by Gasteiger charge is -2.38. The van der Waals surface area contributed by atoms with E-state index in [-0.39, 0.29) is 4.87 Å². The first kappa shape index (κ1) is 10.7. The van der Waals surface area contributed by atoms with E-state index >= 15 is 0 Å². The van der Waals surface area contributed by atoms with Crippen molar-refractivity contribution >= 4 is 11.8 Å². The van der Waals surface area contributed by atoms with Gasteiger partial charge in [-0.15, -0.1) is 11.8 Å². The van der Waals surface area contributed by atoms with E-state index in [1.807, 2.05) is 0 Å². The molecule has 1 heterocycles. The van der Waals surface area contributed by atoms with Crippen molar-refractivity contribution in [3.05, 3.63) is 35.4 Å². The third-order valence-corrected chi connectivity index (χ3v) is 5.31. The number of aryl methyl sites for hydroxylation is 1. The lowest BCUT2D eigenvalue weighted by atomic mass is 9.98. The van der Waals surface area contributed by atoms with Crippen LogP contribution in [0.4, 0.5) is 0 Å². The van der Waals surface area contributed by atoms with E-state index < -0.39 is 0 Å². The van der Waals surface area contributed by atoms with Crippen molar-refractivity contribution in [2.24, 2.45) is 0 Å². The standard InChI is InChI=1S/C14H19NS/c1-2-8-13-12(6-1)7-3-4-9-14(13)15-10-5-11-16-14/h1-2,6,8,15H,3-5,7,9-11H2. The van der Waals surface area contributed by atoms with Crippen LogP contribution < -0.4 is 5.32 Å². The monoisotopic (exact) mass is 233 g/mol. The fraction of sp³-hybridized carbons (Fsp3) is 0.571. The average molecular weight is 233 g/mol. The minimum absolute atomic E-state index is 0.241. The Bertz CT molecular complexity index is 369. The first-order valence-electron chi connectivity index (χ1n) is 6.38. The Balaban J connectivity index is 2.04. The molecule has 1 nitrogen and oxygen atoms in total. The molecule has 1 N–H and O–H groups in total. The zero-order valence-corrected chi connectivity index (χ0v) is 10.5. The summed E-state index contributed by atoms with van der Waals surface area (Å²) in [4.78, 5) is 0.241. The van der Waals surface area contributed by atoms with Crippen LogP contribution in [-0.4, -0.2) is 12.3 Å². The molecule has 0 radical (unpaired) electrons. The average Bonchev–Trinajstić information content (AvgIpc) is 2.52. The lowest BCUT2D eigenvalue weighted by Crippen LogP contribution is -2.43. The van der Waals surface area contributed by atoms with E-state index in [0.717, 1.165) is 0 Å². The van der Waals surface area contributed by atoms with E-state index in [1.165, 1.54) is 44.4 Å². The van der Waals surface area contributed by atoms with Crippen LogP contribution in [0.1, 0.15) is 36.8 Å². The summed E-state index contributed by atoms with van der Waals surface area (Å²) < 4.78 is 0. The summed E-state index contributed by atoms with van der Waals surface area (Å²) in [5.74, 6) is 1.31. The zero-order chi connectivity index (χ0) is 10.8. The molecule has 1 aliphatic heterocycles. The van der Waals surface area contributed by atoms with Crippen molar-refractivity contribution in [2.75, 3.05) is 12.3 Å². The Kier molecular flexibility index (Phi) is 2.95. The fourth-order valence-corrected chi connectivity index (χ4v) is 4.43. The van der Waals surface area contributed by atoms with Crippen LogP contribution in [0.2, 0.25) is 0 Å². The van der Waals surface area contributed by atoms with E-state index in [2.05, 4.69) is 41.3 Å². The van der Waals surface area contributed by atoms with Gasteiger partial charge in [0.05, 0.1) is 4.87 Å². The van der Waals surface area contributed by atoms with Gasteiger partial charge >= 0.3 is 0 Å². The van der Waals surface area contributed by atoms with Gasteiger partial charge < -0.3 is 0 Å². The maximum absolute atomic E-state index is 3.79. The highest BCUT2D eigenvalue weighted by Gasteiger charge is 2.36. The molecule has 1 atom stereocenters. The largest absolute Gasteiger partial charge is 0.299 e.